The lowest BCUT2D eigenvalue weighted by molar-refractivity contribution is 0.0120. The number of benzene rings is 2. The molecular formula is C19H19ClFIN2O3. The van der Waals surface area contributed by atoms with Gasteiger partial charge < -0.3 is 10.4 Å². The van der Waals surface area contributed by atoms with Crippen molar-refractivity contribution < 1.29 is 19.1 Å². The van der Waals surface area contributed by atoms with Gasteiger partial charge in [0.05, 0.1) is 28.5 Å². The number of nitrogens with one attached hydrogen (secondary N) is 2. The summed E-state index contributed by atoms with van der Waals surface area (Å²) in [6.07, 6.45) is 1.95. The van der Waals surface area contributed by atoms with Crippen LogP contribution in [-0.2, 0) is 4.84 Å². The number of amides is 1. The van der Waals surface area contributed by atoms with Gasteiger partial charge in [-0.3, -0.25) is 9.63 Å². The normalized spacial score (nSPS) is 14.7. The molecule has 144 valence electrons. The zero-order valence-corrected chi connectivity index (χ0v) is 17.5. The third-order valence-corrected chi connectivity index (χ3v) is 5.39. The first-order valence-electron chi connectivity index (χ1n) is 8.44. The number of carbonyl (C=O) groups excluding carboxylic acids is 1. The number of anilines is 2. The number of carbonyl (C=O) groups is 1. The summed E-state index contributed by atoms with van der Waals surface area (Å²) in [4.78, 5) is 17.6. The molecule has 0 spiro atoms. The van der Waals surface area contributed by atoms with Gasteiger partial charge in [0.25, 0.3) is 5.91 Å². The van der Waals surface area contributed by atoms with E-state index in [4.69, 9.17) is 16.4 Å². The van der Waals surface area contributed by atoms with E-state index in [1.165, 1.54) is 12.1 Å². The summed E-state index contributed by atoms with van der Waals surface area (Å²) >= 11 is 8.06. The maximum absolute atomic E-state index is 14.0. The largest absolute Gasteiger partial charge is 0.390 e. The van der Waals surface area contributed by atoms with Gasteiger partial charge in [-0.1, -0.05) is 11.6 Å². The number of aliphatic hydroxyl groups is 1. The van der Waals surface area contributed by atoms with Gasteiger partial charge in [0.2, 0.25) is 0 Å². The summed E-state index contributed by atoms with van der Waals surface area (Å²) in [5, 5.41) is 12.7. The van der Waals surface area contributed by atoms with Crippen molar-refractivity contribution in [1.82, 2.24) is 5.48 Å². The highest BCUT2D eigenvalue weighted by atomic mass is 127. The molecule has 3 N–H and O–H groups in total. The van der Waals surface area contributed by atoms with Gasteiger partial charge in [0.1, 0.15) is 5.82 Å². The zero-order chi connectivity index (χ0) is 19.6. The minimum Gasteiger partial charge on any atom is -0.390 e. The molecule has 0 aromatic heterocycles. The number of rotatable bonds is 7. The smallest absolute Gasteiger partial charge is 0.277 e. The van der Waals surface area contributed by atoms with E-state index in [2.05, 4.69) is 33.4 Å². The summed E-state index contributed by atoms with van der Waals surface area (Å²) in [6, 6.07) is 8.18. The van der Waals surface area contributed by atoms with Crippen molar-refractivity contribution in [2.75, 3.05) is 11.9 Å². The topological polar surface area (TPSA) is 70.6 Å². The Labute approximate surface area is 175 Å². The van der Waals surface area contributed by atoms with Crippen molar-refractivity contribution >= 4 is 51.5 Å². The molecule has 3 rings (SSSR count). The van der Waals surface area contributed by atoms with Crippen LogP contribution in [0.1, 0.15) is 35.2 Å². The van der Waals surface area contributed by atoms with Crippen LogP contribution in [0.3, 0.4) is 0 Å². The predicted molar refractivity (Wildman–Crippen MR) is 111 cm³/mol. The van der Waals surface area contributed by atoms with E-state index in [0.717, 1.165) is 27.7 Å². The van der Waals surface area contributed by atoms with Crippen molar-refractivity contribution in [3.8, 4) is 0 Å². The first kappa shape index (κ1) is 20.3. The third kappa shape index (κ3) is 5.31. The van der Waals surface area contributed by atoms with Crippen molar-refractivity contribution in [2.24, 2.45) is 0 Å². The van der Waals surface area contributed by atoms with Crippen LogP contribution in [0.15, 0.2) is 30.3 Å². The summed E-state index contributed by atoms with van der Waals surface area (Å²) in [6.45, 7) is 2.11. The number of hydrogen-bond acceptors (Lipinski definition) is 4. The third-order valence-electron chi connectivity index (χ3n) is 4.42. The van der Waals surface area contributed by atoms with Crippen molar-refractivity contribution in [1.29, 1.82) is 0 Å². The SMILES string of the molecule is Cc1cc(I)ccc1Nc1cc(F)c(Cl)cc1C(=O)NOCCC1(O)CC1. The first-order valence-corrected chi connectivity index (χ1v) is 9.90. The molecule has 1 fully saturated rings. The summed E-state index contributed by atoms with van der Waals surface area (Å²) < 4.78 is 15.0. The van der Waals surface area contributed by atoms with Crippen LogP contribution < -0.4 is 10.8 Å². The molecule has 0 unspecified atom stereocenters. The lowest BCUT2D eigenvalue weighted by atomic mass is 10.1. The molecule has 0 aliphatic heterocycles. The molecule has 0 heterocycles. The van der Waals surface area contributed by atoms with E-state index >= 15 is 0 Å². The molecule has 0 atom stereocenters. The van der Waals surface area contributed by atoms with Gasteiger partial charge in [0, 0.05) is 15.7 Å². The fraction of sp³-hybridized carbons (Fsp3) is 0.316. The van der Waals surface area contributed by atoms with E-state index < -0.39 is 17.3 Å². The van der Waals surface area contributed by atoms with Crippen LogP contribution in [0.25, 0.3) is 0 Å². The molecule has 0 bridgehead atoms. The Kier molecular flexibility index (Phi) is 6.25. The van der Waals surface area contributed by atoms with Gasteiger partial charge in [-0.15, -0.1) is 0 Å². The second-order valence-corrected chi connectivity index (χ2v) is 8.30. The molecule has 1 saturated carbocycles. The Morgan fingerprint density at radius 2 is 2.07 bits per heavy atom. The van der Waals surface area contributed by atoms with Crippen molar-refractivity contribution in [2.45, 2.75) is 31.8 Å². The van der Waals surface area contributed by atoms with E-state index in [1.807, 2.05) is 25.1 Å². The Bertz CT molecular complexity index is 874. The molecule has 0 saturated heterocycles. The Hall–Kier alpha value is -1.42. The zero-order valence-electron chi connectivity index (χ0n) is 14.6. The molecule has 8 heteroatoms. The number of hydroxylamine groups is 1. The molecule has 1 aliphatic rings. The molecule has 5 nitrogen and oxygen atoms in total. The number of halogens is 3. The van der Waals surface area contributed by atoms with Crippen LogP contribution >= 0.6 is 34.2 Å². The molecule has 1 aliphatic carbocycles. The maximum Gasteiger partial charge on any atom is 0.277 e. The van der Waals surface area contributed by atoms with E-state index in [0.29, 0.717) is 6.42 Å². The van der Waals surface area contributed by atoms with E-state index in [9.17, 15) is 14.3 Å². The fourth-order valence-electron chi connectivity index (χ4n) is 2.56. The standard InChI is InChI=1S/C19H19ClFIN2O3/c1-11-8-12(22)2-3-16(11)23-17-10-15(21)14(20)9-13(17)18(25)24-27-7-6-19(26)4-5-19/h2-3,8-10,23,26H,4-7H2,1H3,(H,24,25). The number of aryl methyl sites for hydroxylation is 1. The Balaban J connectivity index is 1.74. The Morgan fingerprint density at radius 1 is 1.33 bits per heavy atom. The molecule has 1 amide bonds. The van der Waals surface area contributed by atoms with Crippen molar-refractivity contribution in [3.05, 3.63) is 55.9 Å². The monoisotopic (exact) mass is 504 g/mol. The highest BCUT2D eigenvalue weighted by Crippen LogP contribution is 2.38. The summed E-state index contributed by atoms with van der Waals surface area (Å²) in [7, 11) is 0. The second-order valence-electron chi connectivity index (χ2n) is 6.65. The minimum absolute atomic E-state index is 0.155. The van der Waals surface area contributed by atoms with Gasteiger partial charge >= 0.3 is 0 Å². The van der Waals surface area contributed by atoms with Crippen LogP contribution in [-0.4, -0.2) is 23.2 Å². The summed E-state index contributed by atoms with van der Waals surface area (Å²) in [5.74, 6) is -1.18. The second kappa shape index (κ2) is 8.30. The molecule has 2 aromatic carbocycles. The molecule has 27 heavy (non-hydrogen) atoms. The molecule has 2 aromatic rings. The lowest BCUT2D eigenvalue weighted by Gasteiger charge is -2.15. The van der Waals surface area contributed by atoms with Crippen LogP contribution in [0.5, 0.6) is 0 Å². The van der Waals surface area contributed by atoms with Crippen LogP contribution in [0.2, 0.25) is 5.02 Å². The highest BCUT2D eigenvalue weighted by Gasteiger charge is 2.39. The van der Waals surface area contributed by atoms with E-state index in [1.54, 1.807) is 0 Å². The van der Waals surface area contributed by atoms with Gasteiger partial charge in [-0.2, -0.15) is 0 Å². The van der Waals surface area contributed by atoms with Gasteiger partial charge in [0.15, 0.2) is 0 Å². The average molecular weight is 505 g/mol. The van der Waals surface area contributed by atoms with E-state index in [-0.39, 0.29) is 22.9 Å². The summed E-state index contributed by atoms with van der Waals surface area (Å²) in [5.41, 5.74) is 3.82. The first-order chi connectivity index (χ1) is 12.8. The van der Waals surface area contributed by atoms with Crippen molar-refractivity contribution in [3.63, 3.8) is 0 Å². The molecular weight excluding hydrogens is 486 g/mol. The number of hydrogen-bond donors (Lipinski definition) is 3. The highest BCUT2D eigenvalue weighted by molar-refractivity contribution is 14.1. The van der Waals surface area contributed by atoms with Crippen LogP contribution in [0, 0.1) is 16.3 Å². The minimum atomic E-state index is -0.654. The van der Waals surface area contributed by atoms with Crippen LogP contribution in [0.4, 0.5) is 15.8 Å². The van der Waals surface area contributed by atoms with Gasteiger partial charge in [-0.25, -0.2) is 9.87 Å². The lowest BCUT2D eigenvalue weighted by Crippen LogP contribution is -2.26. The quantitative estimate of drug-likeness (QED) is 0.290. The average Bonchev–Trinajstić information content (AvgIpc) is 3.34. The fourth-order valence-corrected chi connectivity index (χ4v) is 3.37. The molecule has 0 radical (unpaired) electrons. The Morgan fingerprint density at radius 3 is 2.74 bits per heavy atom. The maximum atomic E-state index is 14.0. The van der Waals surface area contributed by atoms with Gasteiger partial charge in [-0.05, 0) is 78.3 Å². The predicted octanol–water partition coefficient (Wildman–Crippen LogP) is 4.71.